The number of rotatable bonds is 3. The lowest BCUT2D eigenvalue weighted by molar-refractivity contribution is 0.234. The van der Waals surface area contributed by atoms with Gasteiger partial charge in [0.15, 0.2) is 0 Å². The normalized spacial score (nSPS) is 28.8. The first-order chi connectivity index (χ1) is 10.2. The standard InChI is InChI=1S/C16H21Cl2NOS/c1-21-12-4-2-3-11(9-12)19-15-5-6-20-16-13(15)7-10(17)8-14(16)18/h7-8,11-12,15,19H,2-6,9H2,1H3. The molecule has 0 bridgehead atoms. The molecule has 1 N–H and O–H groups in total. The molecule has 3 rings (SSSR count). The summed E-state index contributed by atoms with van der Waals surface area (Å²) in [6.45, 7) is 0.713. The van der Waals surface area contributed by atoms with Gasteiger partial charge in [0.1, 0.15) is 5.75 Å². The van der Waals surface area contributed by atoms with Crippen LogP contribution in [0.5, 0.6) is 5.75 Å². The smallest absolute Gasteiger partial charge is 0.142 e. The lowest BCUT2D eigenvalue weighted by Crippen LogP contribution is -2.39. The van der Waals surface area contributed by atoms with Crippen LogP contribution >= 0.6 is 35.0 Å². The average Bonchev–Trinajstić information content (AvgIpc) is 2.48. The van der Waals surface area contributed by atoms with E-state index in [0.29, 0.717) is 28.7 Å². The summed E-state index contributed by atoms with van der Waals surface area (Å²) in [5.41, 5.74) is 1.12. The molecule has 0 aromatic heterocycles. The number of hydrogen-bond donors (Lipinski definition) is 1. The van der Waals surface area contributed by atoms with Crippen molar-refractivity contribution >= 4 is 35.0 Å². The van der Waals surface area contributed by atoms with Gasteiger partial charge in [-0.25, -0.2) is 0 Å². The molecule has 2 nitrogen and oxygen atoms in total. The molecule has 1 heterocycles. The van der Waals surface area contributed by atoms with Crippen LogP contribution in [0, 0.1) is 0 Å². The van der Waals surface area contributed by atoms with Crippen LogP contribution in [-0.4, -0.2) is 24.2 Å². The maximum absolute atomic E-state index is 6.26. The Morgan fingerprint density at radius 3 is 2.90 bits per heavy atom. The molecule has 1 fully saturated rings. The Labute approximate surface area is 140 Å². The van der Waals surface area contributed by atoms with Crippen molar-refractivity contribution in [2.45, 2.75) is 49.4 Å². The fraction of sp³-hybridized carbons (Fsp3) is 0.625. The molecule has 1 aliphatic carbocycles. The Kier molecular flexibility index (Phi) is 5.26. The minimum Gasteiger partial charge on any atom is -0.492 e. The maximum atomic E-state index is 6.26. The van der Waals surface area contributed by atoms with Crippen molar-refractivity contribution in [3.8, 4) is 5.75 Å². The quantitative estimate of drug-likeness (QED) is 0.825. The summed E-state index contributed by atoms with van der Waals surface area (Å²) in [5.74, 6) is 0.807. The summed E-state index contributed by atoms with van der Waals surface area (Å²) >= 11 is 14.4. The van der Waals surface area contributed by atoms with Gasteiger partial charge in [0.05, 0.1) is 11.6 Å². The Bertz CT molecular complexity index is 511. The number of nitrogens with one attached hydrogen (secondary N) is 1. The summed E-state index contributed by atoms with van der Waals surface area (Å²) in [5, 5.41) is 5.91. The molecule has 3 atom stereocenters. The zero-order chi connectivity index (χ0) is 14.8. The topological polar surface area (TPSA) is 21.3 Å². The predicted molar refractivity (Wildman–Crippen MR) is 92.0 cm³/mol. The zero-order valence-corrected chi connectivity index (χ0v) is 14.5. The highest BCUT2D eigenvalue weighted by Crippen LogP contribution is 2.40. The van der Waals surface area contributed by atoms with Crippen LogP contribution < -0.4 is 10.1 Å². The molecular weight excluding hydrogens is 325 g/mol. The van der Waals surface area contributed by atoms with E-state index in [1.165, 1.54) is 25.7 Å². The van der Waals surface area contributed by atoms with Crippen LogP contribution in [0.2, 0.25) is 10.0 Å². The first-order valence-electron chi connectivity index (χ1n) is 7.58. The van der Waals surface area contributed by atoms with Gasteiger partial charge >= 0.3 is 0 Å². The van der Waals surface area contributed by atoms with Gasteiger partial charge in [-0.05, 0) is 37.7 Å². The van der Waals surface area contributed by atoms with Crippen LogP contribution in [0.4, 0.5) is 0 Å². The zero-order valence-electron chi connectivity index (χ0n) is 12.2. The molecule has 1 saturated carbocycles. The van der Waals surface area contributed by atoms with Gasteiger partial charge in [-0.3, -0.25) is 0 Å². The van der Waals surface area contributed by atoms with E-state index in [1.807, 2.05) is 17.8 Å². The van der Waals surface area contributed by atoms with Crippen molar-refractivity contribution in [2.75, 3.05) is 12.9 Å². The SMILES string of the molecule is CSC1CCCC(NC2CCOc3c(Cl)cc(Cl)cc32)C1. The Morgan fingerprint density at radius 2 is 2.10 bits per heavy atom. The third-order valence-corrected chi connectivity index (χ3v) is 6.06. The van der Waals surface area contributed by atoms with E-state index in [4.69, 9.17) is 27.9 Å². The molecule has 3 unspecified atom stereocenters. The molecule has 21 heavy (non-hydrogen) atoms. The summed E-state index contributed by atoms with van der Waals surface area (Å²) in [7, 11) is 0. The van der Waals surface area contributed by atoms with Gasteiger partial charge in [-0.1, -0.05) is 29.6 Å². The summed E-state index contributed by atoms with van der Waals surface area (Å²) in [4.78, 5) is 0. The van der Waals surface area contributed by atoms with Crippen LogP contribution in [0.15, 0.2) is 12.1 Å². The van der Waals surface area contributed by atoms with Crippen LogP contribution in [0.1, 0.15) is 43.7 Å². The molecule has 1 aromatic carbocycles. The minimum absolute atomic E-state index is 0.301. The summed E-state index contributed by atoms with van der Waals surface area (Å²) < 4.78 is 5.74. The number of thioether (sulfide) groups is 1. The predicted octanol–water partition coefficient (Wildman–Crippen LogP) is 5.08. The van der Waals surface area contributed by atoms with Crippen molar-refractivity contribution < 1.29 is 4.74 Å². The summed E-state index contributed by atoms with van der Waals surface area (Å²) in [6.07, 6.45) is 8.37. The largest absolute Gasteiger partial charge is 0.492 e. The van der Waals surface area contributed by atoms with Crippen molar-refractivity contribution in [3.05, 3.63) is 27.7 Å². The molecule has 0 spiro atoms. The van der Waals surface area contributed by atoms with Crippen molar-refractivity contribution in [1.82, 2.24) is 5.32 Å². The Balaban J connectivity index is 1.76. The highest BCUT2D eigenvalue weighted by Gasteiger charge is 2.28. The maximum Gasteiger partial charge on any atom is 0.142 e. The van der Waals surface area contributed by atoms with Crippen LogP contribution in [0.25, 0.3) is 0 Å². The molecule has 116 valence electrons. The van der Waals surface area contributed by atoms with Crippen molar-refractivity contribution in [2.24, 2.45) is 0 Å². The second-order valence-corrected chi connectivity index (χ2v) is 7.87. The fourth-order valence-electron chi connectivity index (χ4n) is 3.39. The fourth-order valence-corrected chi connectivity index (χ4v) is 4.78. The van der Waals surface area contributed by atoms with E-state index in [1.54, 1.807) is 6.07 Å². The van der Waals surface area contributed by atoms with E-state index in [2.05, 4.69) is 11.6 Å². The molecule has 0 amide bonds. The van der Waals surface area contributed by atoms with Crippen molar-refractivity contribution in [3.63, 3.8) is 0 Å². The molecule has 0 saturated heterocycles. The van der Waals surface area contributed by atoms with E-state index in [9.17, 15) is 0 Å². The number of ether oxygens (including phenoxy) is 1. The minimum atomic E-state index is 0.301. The Hall–Kier alpha value is -0.0900. The monoisotopic (exact) mass is 345 g/mol. The molecule has 2 aliphatic rings. The third kappa shape index (κ3) is 3.64. The van der Waals surface area contributed by atoms with E-state index < -0.39 is 0 Å². The van der Waals surface area contributed by atoms with Gasteiger partial charge in [0.2, 0.25) is 0 Å². The lowest BCUT2D eigenvalue weighted by Gasteiger charge is -2.35. The van der Waals surface area contributed by atoms with Gasteiger partial charge in [-0.15, -0.1) is 0 Å². The molecule has 0 radical (unpaired) electrons. The van der Waals surface area contributed by atoms with Gasteiger partial charge in [-0.2, -0.15) is 11.8 Å². The van der Waals surface area contributed by atoms with E-state index in [0.717, 1.165) is 23.0 Å². The first-order valence-corrected chi connectivity index (χ1v) is 9.62. The second-order valence-electron chi connectivity index (χ2n) is 5.88. The molecule has 5 heteroatoms. The number of halogens is 2. The molecule has 1 aromatic rings. The number of hydrogen-bond acceptors (Lipinski definition) is 3. The lowest BCUT2D eigenvalue weighted by atomic mass is 9.92. The van der Waals surface area contributed by atoms with Gasteiger partial charge in [0.25, 0.3) is 0 Å². The van der Waals surface area contributed by atoms with E-state index >= 15 is 0 Å². The van der Waals surface area contributed by atoms with E-state index in [-0.39, 0.29) is 0 Å². The van der Waals surface area contributed by atoms with Gasteiger partial charge in [0, 0.05) is 34.3 Å². The molecule has 1 aliphatic heterocycles. The second kappa shape index (κ2) is 6.99. The highest BCUT2D eigenvalue weighted by molar-refractivity contribution is 7.99. The van der Waals surface area contributed by atoms with Crippen LogP contribution in [-0.2, 0) is 0 Å². The average molecular weight is 346 g/mol. The molecular formula is C16H21Cl2NOS. The highest BCUT2D eigenvalue weighted by atomic mass is 35.5. The number of fused-ring (bicyclic) bond motifs is 1. The summed E-state index contributed by atoms with van der Waals surface area (Å²) in [6, 6.07) is 4.64. The first kappa shape index (κ1) is 15.8. The number of benzene rings is 1. The van der Waals surface area contributed by atoms with Gasteiger partial charge < -0.3 is 10.1 Å². The third-order valence-electron chi connectivity index (χ3n) is 4.46. The van der Waals surface area contributed by atoms with Crippen LogP contribution in [0.3, 0.4) is 0 Å². The Morgan fingerprint density at radius 1 is 1.24 bits per heavy atom. The van der Waals surface area contributed by atoms with Crippen molar-refractivity contribution in [1.29, 1.82) is 0 Å².